The summed E-state index contributed by atoms with van der Waals surface area (Å²) in [4.78, 5) is 25.9. The van der Waals surface area contributed by atoms with Gasteiger partial charge in [-0.1, -0.05) is 25.1 Å². The number of hydrogen-bond acceptors (Lipinski definition) is 5. The van der Waals surface area contributed by atoms with E-state index in [0.717, 1.165) is 53.6 Å². The van der Waals surface area contributed by atoms with E-state index >= 15 is 0 Å². The fourth-order valence-corrected chi connectivity index (χ4v) is 3.73. The van der Waals surface area contributed by atoms with E-state index in [2.05, 4.69) is 17.1 Å². The number of anilines is 1. The van der Waals surface area contributed by atoms with Gasteiger partial charge in [-0.05, 0) is 26.0 Å². The molecule has 0 radical (unpaired) electrons. The number of aromatic nitrogens is 4. The minimum absolute atomic E-state index is 0.00214. The summed E-state index contributed by atoms with van der Waals surface area (Å²) < 4.78 is 1.90. The number of urea groups is 1. The second kappa shape index (κ2) is 8.06. The monoisotopic (exact) mass is 393 g/mol. The van der Waals surface area contributed by atoms with Crippen LogP contribution in [0.4, 0.5) is 10.6 Å². The lowest BCUT2D eigenvalue weighted by atomic mass is 10.2. The molecule has 0 saturated carbocycles. The minimum Gasteiger partial charge on any atom is -0.352 e. The quantitative estimate of drug-likeness (QED) is 0.737. The van der Waals surface area contributed by atoms with Crippen molar-refractivity contribution in [2.45, 2.75) is 27.2 Å². The Labute approximate surface area is 170 Å². The van der Waals surface area contributed by atoms with Gasteiger partial charge in [-0.15, -0.1) is 0 Å². The second-order valence-electron chi connectivity index (χ2n) is 7.16. The molecule has 1 N–H and O–H groups in total. The summed E-state index contributed by atoms with van der Waals surface area (Å²) in [5, 5.41) is 8.63. The molecule has 1 aromatic carbocycles. The Bertz CT molecular complexity index is 1010. The summed E-state index contributed by atoms with van der Waals surface area (Å²) in [5.74, 6) is 1.72. The first-order valence-electron chi connectivity index (χ1n) is 10.2. The van der Waals surface area contributed by atoms with Gasteiger partial charge in [-0.2, -0.15) is 5.10 Å². The largest absolute Gasteiger partial charge is 0.352 e. The van der Waals surface area contributed by atoms with Crippen LogP contribution in [0, 0.1) is 6.92 Å². The maximum atomic E-state index is 12.1. The number of carbonyl (C=O) groups excluding carboxylic acids is 1. The number of fused-ring (bicyclic) bond motifs is 1. The highest BCUT2D eigenvalue weighted by molar-refractivity contribution is 5.91. The van der Waals surface area contributed by atoms with Crippen molar-refractivity contribution in [3.8, 4) is 5.69 Å². The summed E-state index contributed by atoms with van der Waals surface area (Å²) in [6, 6.07) is 10.1. The highest BCUT2D eigenvalue weighted by Gasteiger charge is 2.26. The van der Waals surface area contributed by atoms with E-state index in [1.807, 2.05) is 53.8 Å². The molecule has 1 fully saturated rings. The van der Waals surface area contributed by atoms with Crippen LogP contribution in [0.2, 0.25) is 0 Å². The van der Waals surface area contributed by atoms with Crippen molar-refractivity contribution >= 4 is 22.9 Å². The molecule has 4 rings (SSSR count). The fourth-order valence-electron chi connectivity index (χ4n) is 3.73. The van der Waals surface area contributed by atoms with Crippen LogP contribution in [0.5, 0.6) is 0 Å². The first-order valence-corrected chi connectivity index (χ1v) is 10.2. The molecule has 0 aliphatic carbocycles. The van der Waals surface area contributed by atoms with Crippen molar-refractivity contribution in [1.29, 1.82) is 0 Å². The van der Waals surface area contributed by atoms with Crippen molar-refractivity contribution in [2.24, 2.45) is 0 Å². The summed E-state index contributed by atoms with van der Waals surface area (Å²) in [6.45, 7) is 9.47. The number of para-hydroxylation sites is 1. The Balaban J connectivity index is 1.72. The number of benzene rings is 1. The van der Waals surface area contributed by atoms with Gasteiger partial charge in [0, 0.05) is 39.1 Å². The van der Waals surface area contributed by atoms with Crippen LogP contribution in [0.15, 0.2) is 30.3 Å². The number of carbonyl (C=O) groups is 1. The number of nitrogens with zero attached hydrogens (tertiary/aromatic N) is 6. The number of nitrogens with one attached hydrogen (secondary N) is 1. The molecule has 3 aromatic rings. The van der Waals surface area contributed by atoms with Crippen molar-refractivity contribution in [3.63, 3.8) is 0 Å². The van der Waals surface area contributed by atoms with Crippen molar-refractivity contribution in [2.75, 3.05) is 37.6 Å². The lowest BCUT2D eigenvalue weighted by Gasteiger charge is -2.35. The van der Waals surface area contributed by atoms with Crippen LogP contribution in [0.3, 0.4) is 0 Å². The van der Waals surface area contributed by atoms with E-state index in [0.29, 0.717) is 19.6 Å². The number of amides is 2. The number of piperazine rings is 1. The third-order valence-electron chi connectivity index (χ3n) is 5.24. The third kappa shape index (κ3) is 3.62. The highest BCUT2D eigenvalue weighted by atomic mass is 16.2. The second-order valence-corrected chi connectivity index (χ2v) is 7.16. The molecule has 0 bridgehead atoms. The van der Waals surface area contributed by atoms with E-state index < -0.39 is 0 Å². The van der Waals surface area contributed by atoms with Gasteiger partial charge in [0.2, 0.25) is 0 Å². The Kier molecular flexibility index (Phi) is 5.33. The van der Waals surface area contributed by atoms with Crippen molar-refractivity contribution in [1.82, 2.24) is 30.0 Å². The van der Waals surface area contributed by atoms with Crippen LogP contribution in [0.1, 0.15) is 25.4 Å². The molecule has 8 nitrogen and oxygen atoms in total. The Morgan fingerprint density at radius 1 is 1.07 bits per heavy atom. The predicted octanol–water partition coefficient (Wildman–Crippen LogP) is 2.54. The molecule has 152 valence electrons. The molecule has 2 aromatic heterocycles. The fraction of sp³-hybridized carbons (Fsp3) is 0.429. The van der Waals surface area contributed by atoms with Crippen molar-refractivity contribution < 1.29 is 4.79 Å². The molecular weight excluding hydrogens is 366 g/mol. The number of rotatable bonds is 4. The first kappa shape index (κ1) is 19.2. The summed E-state index contributed by atoms with van der Waals surface area (Å²) in [7, 11) is 0. The molecule has 8 heteroatoms. The van der Waals surface area contributed by atoms with Crippen LogP contribution < -0.4 is 10.2 Å². The highest BCUT2D eigenvalue weighted by Crippen LogP contribution is 2.29. The van der Waals surface area contributed by atoms with Crippen LogP contribution in [-0.2, 0) is 6.42 Å². The van der Waals surface area contributed by atoms with Gasteiger partial charge >= 0.3 is 6.03 Å². The molecule has 0 unspecified atom stereocenters. The average Bonchev–Trinajstić information content (AvgIpc) is 3.10. The molecule has 29 heavy (non-hydrogen) atoms. The molecule has 3 heterocycles. The standard InChI is InChI=1S/C21H27N7O/c1-4-17-23-19(26-11-13-27(14-12-26)21(29)22-5-2)18-15(3)25-28(20(18)24-17)16-9-7-6-8-10-16/h6-10H,4-5,11-14H2,1-3H3,(H,22,29). The molecule has 2 amide bonds. The molecule has 1 aliphatic rings. The Morgan fingerprint density at radius 3 is 2.45 bits per heavy atom. The number of hydrogen-bond donors (Lipinski definition) is 1. The molecule has 1 saturated heterocycles. The van der Waals surface area contributed by atoms with Crippen LogP contribution in [0.25, 0.3) is 16.7 Å². The Morgan fingerprint density at radius 2 is 1.79 bits per heavy atom. The summed E-state index contributed by atoms with van der Waals surface area (Å²) in [6.07, 6.45) is 0.751. The van der Waals surface area contributed by atoms with Gasteiger partial charge in [-0.25, -0.2) is 19.4 Å². The predicted molar refractivity (Wildman–Crippen MR) is 114 cm³/mol. The van der Waals surface area contributed by atoms with Gasteiger partial charge in [0.25, 0.3) is 0 Å². The normalized spacial score (nSPS) is 14.4. The smallest absolute Gasteiger partial charge is 0.317 e. The van der Waals surface area contributed by atoms with E-state index in [4.69, 9.17) is 15.1 Å². The van der Waals surface area contributed by atoms with Gasteiger partial charge in [0.05, 0.1) is 16.8 Å². The Hall–Kier alpha value is -3.16. The summed E-state index contributed by atoms with van der Waals surface area (Å²) >= 11 is 0. The zero-order chi connectivity index (χ0) is 20.4. The van der Waals surface area contributed by atoms with E-state index in [1.165, 1.54) is 0 Å². The van der Waals surface area contributed by atoms with Crippen LogP contribution >= 0.6 is 0 Å². The van der Waals surface area contributed by atoms with Gasteiger partial charge in [0.15, 0.2) is 5.65 Å². The average molecular weight is 393 g/mol. The third-order valence-corrected chi connectivity index (χ3v) is 5.24. The first-order chi connectivity index (χ1) is 14.1. The van der Waals surface area contributed by atoms with Gasteiger partial charge < -0.3 is 15.1 Å². The lowest BCUT2D eigenvalue weighted by molar-refractivity contribution is 0.195. The minimum atomic E-state index is 0.00214. The van der Waals surface area contributed by atoms with E-state index in [-0.39, 0.29) is 6.03 Å². The molecular formula is C21H27N7O. The maximum absolute atomic E-state index is 12.1. The zero-order valence-corrected chi connectivity index (χ0v) is 17.2. The van der Waals surface area contributed by atoms with Crippen molar-refractivity contribution in [3.05, 3.63) is 41.9 Å². The topological polar surface area (TPSA) is 79.2 Å². The maximum Gasteiger partial charge on any atom is 0.317 e. The molecule has 0 spiro atoms. The summed E-state index contributed by atoms with van der Waals surface area (Å²) in [5.41, 5.74) is 2.73. The zero-order valence-electron chi connectivity index (χ0n) is 17.2. The van der Waals surface area contributed by atoms with Gasteiger partial charge in [-0.3, -0.25) is 0 Å². The molecule has 0 atom stereocenters. The number of aryl methyl sites for hydroxylation is 2. The van der Waals surface area contributed by atoms with E-state index in [9.17, 15) is 4.79 Å². The lowest BCUT2D eigenvalue weighted by Crippen LogP contribution is -2.52. The SMILES string of the molecule is CCNC(=O)N1CCN(c2nc(CC)nc3c2c(C)nn3-c2ccccc2)CC1. The van der Waals surface area contributed by atoms with Crippen LogP contribution in [-0.4, -0.2) is 63.4 Å². The van der Waals surface area contributed by atoms with E-state index in [1.54, 1.807) is 0 Å². The van der Waals surface area contributed by atoms with Gasteiger partial charge in [0.1, 0.15) is 11.6 Å². The molecule has 1 aliphatic heterocycles.